The van der Waals surface area contributed by atoms with E-state index in [1.807, 2.05) is 13.8 Å². The Kier molecular flexibility index (Phi) is 6.98. The molecule has 0 aromatic carbocycles. The van der Waals surface area contributed by atoms with Crippen molar-refractivity contribution in [3.8, 4) is 0 Å². The van der Waals surface area contributed by atoms with Crippen LogP contribution in [-0.2, 0) is 4.74 Å². The summed E-state index contributed by atoms with van der Waals surface area (Å²) < 4.78 is 5.34. The number of nitrogens with one attached hydrogen (secondary N) is 1. The molecule has 0 aromatic rings. The first-order chi connectivity index (χ1) is 4.89. The fourth-order valence-corrected chi connectivity index (χ4v) is 0.846. The molecule has 1 rings (SSSR count). The number of rotatable bonds is 0. The minimum Gasteiger partial charge on any atom is -0.377 e. The molecule has 1 N–H and O–H groups in total. The second-order valence-electron chi connectivity index (χ2n) is 2.22. The summed E-state index contributed by atoms with van der Waals surface area (Å²) in [5.74, 6) is 0. The molecule has 0 aliphatic carbocycles. The predicted molar refractivity (Wildman–Crippen MR) is 44.2 cm³/mol. The smallest absolute Gasteiger partial charge is 0.0594 e. The molecule has 1 aliphatic heterocycles. The van der Waals surface area contributed by atoms with Crippen LogP contribution in [0.4, 0.5) is 0 Å². The quantitative estimate of drug-likeness (QED) is 0.556. The van der Waals surface area contributed by atoms with Gasteiger partial charge in [-0.25, -0.2) is 0 Å². The van der Waals surface area contributed by atoms with Crippen LogP contribution in [0, 0.1) is 0 Å². The minimum absolute atomic E-state index is 0.463. The molecule has 2 nitrogen and oxygen atoms in total. The van der Waals surface area contributed by atoms with Crippen molar-refractivity contribution in [3.63, 3.8) is 0 Å². The second-order valence-corrected chi connectivity index (χ2v) is 2.22. The van der Waals surface area contributed by atoms with Gasteiger partial charge in [-0.2, -0.15) is 0 Å². The summed E-state index contributed by atoms with van der Waals surface area (Å²) in [5, 5.41) is 3.25. The molecule has 1 atom stereocenters. The highest BCUT2D eigenvalue weighted by atomic mass is 16.5. The second kappa shape index (κ2) is 7.03. The normalized spacial score (nSPS) is 26.1. The lowest BCUT2D eigenvalue weighted by Crippen LogP contribution is -2.16. The van der Waals surface area contributed by atoms with Crippen molar-refractivity contribution in [1.82, 2.24) is 5.32 Å². The molecule has 1 saturated heterocycles. The van der Waals surface area contributed by atoms with Crippen molar-refractivity contribution in [1.29, 1.82) is 0 Å². The lowest BCUT2D eigenvalue weighted by molar-refractivity contribution is 0.0783. The molecule has 1 heterocycles. The third-order valence-corrected chi connectivity index (χ3v) is 1.41. The van der Waals surface area contributed by atoms with Crippen LogP contribution in [0.3, 0.4) is 0 Å². The maximum atomic E-state index is 5.34. The summed E-state index contributed by atoms with van der Waals surface area (Å²) in [4.78, 5) is 0. The van der Waals surface area contributed by atoms with Crippen molar-refractivity contribution in [3.05, 3.63) is 0 Å². The molecule has 62 valence electrons. The summed E-state index contributed by atoms with van der Waals surface area (Å²) in [7, 11) is 0. The van der Waals surface area contributed by atoms with Crippen LogP contribution in [-0.4, -0.2) is 25.8 Å². The zero-order valence-electron chi connectivity index (χ0n) is 7.31. The number of hydrogen-bond acceptors (Lipinski definition) is 2. The van der Waals surface area contributed by atoms with Gasteiger partial charge in [-0.15, -0.1) is 0 Å². The molecule has 0 spiro atoms. The Hall–Kier alpha value is -0.0800. The Morgan fingerprint density at radius 3 is 2.70 bits per heavy atom. The van der Waals surface area contributed by atoms with Gasteiger partial charge in [-0.05, 0) is 19.9 Å². The molecule has 1 fully saturated rings. The van der Waals surface area contributed by atoms with Crippen LogP contribution < -0.4 is 5.32 Å². The van der Waals surface area contributed by atoms with Gasteiger partial charge < -0.3 is 10.1 Å². The predicted octanol–water partition coefficient (Wildman–Crippen LogP) is 1.41. The third kappa shape index (κ3) is 4.77. The summed E-state index contributed by atoms with van der Waals surface area (Å²) in [5.41, 5.74) is 0. The van der Waals surface area contributed by atoms with Gasteiger partial charge in [-0.1, -0.05) is 13.8 Å². The highest BCUT2D eigenvalue weighted by molar-refractivity contribution is 4.58. The van der Waals surface area contributed by atoms with Gasteiger partial charge in [0.25, 0.3) is 0 Å². The first-order valence-corrected chi connectivity index (χ1v) is 4.22. The molecule has 0 saturated carbocycles. The van der Waals surface area contributed by atoms with E-state index in [0.29, 0.717) is 6.10 Å². The van der Waals surface area contributed by atoms with Crippen molar-refractivity contribution >= 4 is 0 Å². The van der Waals surface area contributed by atoms with Gasteiger partial charge in [0.1, 0.15) is 0 Å². The van der Waals surface area contributed by atoms with E-state index in [9.17, 15) is 0 Å². The minimum atomic E-state index is 0.463. The fourth-order valence-electron chi connectivity index (χ4n) is 0.846. The molecule has 0 unspecified atom stereocenters. The van der Waals surface area contributed by atoms with E-state index < -0.39 is 0 Å². The average Bonchev–Trinajstić information content (AvgIpc) is 2.21. The Balaban J connectivity index is 0.000000371. The van der Waals surface area contributed by atoms with E-state index in [-0.39, 0.29) is 0 Å². The van der Waals surface area contributed by atoms with Gasteiger partial charge in [-0.3, -0.25) is 0 Å². The molecule has 1 aliphatic rings. The largest absolute Gasteiger partial charge is 0.377 e. The monoisotopic (exact) mass is 145 g/mol. The molecular formula is C8H19NO. The van der Waals surface area contributed by atoms with Crippen LogP contribution in [0.2, 0.25) is 0 Å². The zero-order chi connectivity index (χ0) is 7.82. The first kappa shape index (κ1) is 9.92. The number of hydrogen-bond donors (Lipinski definition) is 1. The summed E-state index contributed by atoms with van der Waals surface area (Å²) in [6, 6.07) is 0. The topological polar surface area (TPSA) is 21.3 Å². The van der Waals surface area contributed by atoms with Gasteiger partial charge in [0.05, 0.1) is 12.7 Å². The SMILES string of the molecule is CC.C[C@H]1CCNCCO1. The van der Waals surface area contributed by atoms with Crippen molar-refractivity contribution in [2.75, 3.05) is 19.7 Å². The molecule has 10 heavy (non-hydrogen) atoms. The Morgan fingerprint density at radius 2 is 2.00 bits per heavy atom. The average molecular weight is 145 g/mol. The molecule has 0 aromatic heterocycles. The van der Waals surface area contributed by atoms with Crippen LogP contribution >= 0.6 is 0 Å². The van der Waals surface area contributed by atoms with Crippen molar-refractivity contribution in [2.45, 2.75) is 33.3 Å². The van der Waals surface area contributed by atoms with E-state index in [0.717, 1.165) is 26.1 Å². The maximum absolute atomic E-state index is 5.34. The molecule has 0 radical (unpaired) electrons. The standard InChI is InChI=1S/C6H13NO.C2H6/c1-6-2-3-7-4-5-8-6;1-2/h6-7H,2-5H2,1H3;1-2H3/t6-;/m0./s1. The maximum Gasteiger partial charge on any atom is 0.0594 e. The Labute approximate surface area is 64.0 Å². The van der Waals surface area contributed by atoms with Gasteiger partial charge in [0.2, 0.25) is 0 Å². The molecular weight excluding hydrogens is 126 g/mol. The zero-order valence-corrected chi connectivity index (χ0v) is 7.31. The van der Waals surface area contributed by atoms with E-state index in [1.165, 1.54) is 0 Å². The third-order valence-electron chi connectivity index (χ3n) is 1.41. The van der Waals surface area contributed by atoms with Gasteiger partial charge in [0.15, 0.2) is 0 Å². The van der Waals surface area contributed by atoms with Crippen LogP contribution in [0.25, 0.3) is 0 Å². The molecule has 2 heteroatoms. The summed E-state index contributed by atoms with van der Waals surface area (Å²) in [6.07, 6.45) is 1.62. The fraction of sp³-hybridized carbons (Fsp3) is 1.00. The van der Waals surface area contributed by atoms with Crippen LogP contribution in [0.5, 0.6) is 0 Å². The van der Waals surface area contributed by atoms with E-state index in [1.54, 1.807) is 0 Å². The van der Waals surface area contributed by atoms with E-state index >= 15 is 0 Å². The number of ether oxygens (including phenoxy) is 1. The lowest BCUT2D eigenvalue weighted by atomic mass is 10.3. The first-order valence-electron chi connectivity index (χ1n) is 4.22. The highest BCUT2D eigenvalue weighted by Crippen LogP contribution is 1.97. The van der Waals surface area contributed by atoms with Gasteiger partial charge in [0, 0.05) is 6.54 Å². The van der Waals surface area contributed by atoms with E-state index in [4.69, 9.17) is 4.74 Å². The van der Waals surface area contributed by atoms with E-state index in [2.05, 4.69) is 12.2 Å². The summed E-state index contributed by atoms with van der Waals surface area (Å²) >= 11 is 0. The van der Waals surface area contributed by atoms with Crippen molar-refractivity contribution in [2.24, 2.45) is 0 Å². The van der Waals surface area contributed by atoms with Crippen LogP contribution in [0.15, 0.2) is 0 Å². The highest BCUT2D eigenvalue weighted by Gasteiger charge is 2.04. The lowest BCUT2D eigenvalue weighted by Gasteiger charge is -2.04. The summed E-state index contributed by atoms with van der Waals surface area (Å²) in [6.45, 7) is 9.12. The van der Waals surface area contributed by atoms with Crippen molar-refractivity contribution < 1.29 is 4.74 Å². The van der Waals surface area contributed by atoms with Gasteiger partial charge >= 0.3 is 0 Å². The molecule has 0 bridgehead atoms. The Bertz CT molecular complexity index is 58.3. The Morgan fingerprint density at radius 1 is 1.30 bits per heavy atom. The molecule has 0 amide bonds. The van der Waals surface area contributed by atoms with Crippen LogP contribution in [0.1, 0.15) is 27.2 Å².